The van der Waals surface area contributed by atoms with Crippen molar-refractivity contribution in [2.24, 2.45) is 0 Å². The average Bonchev–Trinajstić information content (AvgIpc) is 2.70. The Balaban J connectivity index is 1.62. The molecule has 2 aromatic carbocycles. The lowest BCUT2D eigenvalue weighted by atomic mass is 10.1. The molecule has 0 aliphatic rings. The van der Waals surface area contributed by atoms with Gasteiger partial charge in [-0.05, 0) is 54.8 Å². The number of hydrogen-bond acceptors (Lipinski definition) is 4. The number of aryl methyl sites for hydroxylation is 1. The molecule has 5 nitrogen and oxygen atoms in total. The first kappa shape index (κ1) is 19.2. The number of amides is 1. The Morgan fingerprint density at radius 3 is 2.68 bits per heavy atom. The molecule has 0 saturated carbocycles. The van der Waals surface area contributed by atoms with Crippen molar-refractivity contribution in [3.05, 3.63) is 89.8 Å². The van der Waals surface area contributed by atoms with Crippen LogP contribution < -0.4 is 10.1 Å². The Labute approximate surface area is 162 Å². The highest BCUT2D eigenvalue weighted by atomic mass is 19.1. The maximum absolute atomic E-state index is 13.6. The molecule has 142 valence electrons. The van der Waals surface area contributed by atoms with Gasteiger partial charge in [0.05, 0.1) is 18.4 Å². The summed E-state index contributed by atoms with van der Waals surface area (Å²) in [6.45, 7) is 3.57. The third-order valence-corrected chi connectivity index (χ3v) is 4.11. The molecule has 0 aliphatic heterocycles. The smallest absolute Gasteiger partial charge is 0.244 e. The first-order valence-corrected chi connectivity index (χ1v) is 8.79. The number of rotatable bonds is 6. The summed E-state index contributed by atoms with van der Waals surface area (Å²) < 4.78 is 19.3. The van der Waals surface area contributed by atoms with Gasteiger partial charge in [-0.1, -0.05) is 24.3 Å². The second-order valence-electron chi connectivity index (χ2n) is 6.32. The van der Waals surface area contributed by atoms with Crippen molar-refractivity contribution in [3.63, 3.8) is 0 Å². The summed E-state index contributed by atoms with van der Waals surface area (Å²) in [7, 11) is 0. The van der Waals surface area contributed by atoms with Gasteiger partial charge < -0.3 is 10.1 Å². The number of hydrogen-bond donors (Lipinski definition) is 1. The van der Waals surface area contributed by atoms with Crippen LogP contribution in [0.25, 0.3) is 6.08 Å². The lowest BCUT2D eigenvalue weighted by Gasteiger charge is -2.14. The quantitative estimate of drug-likeness (QED) is 0.637. The molecule has 6 heteroatoms. The Morgan fingerprint density at radius 2 is 1.93 bits per heavy atom. The molecule has 1 aromatic heterocycles. The fourth-order valence-corrected chi connectivity index (χ4v) is 2.55. The number of carbonyl (C=O) groups is 1. The van der Waals surface area contributed by atoms with Crippen LogP contribution in [-0.4, -0.2) is 15.9 Å². The molecule has 0 fully saturated rings. The van der Waals surface area contributed by atoms with Gasteiger partial charge >= 0.3 is 0 Å². The van der Waals surface area contributed by atoms with E-state index in [1.165, 1.54) is 18.5 Å². The summed E-state index contributed by atoms with van der Waals surface area (Å²) in [6.07, 6.45) is 7.55. The molecule has 1 heterocycles. The SMILES string of the molecule is Cc1ccc(/C=C/C(=O)N[C@@H](C)c2cccc(Oc3cncnc3)c2)cc1F. The summed E-state index contributed by atoms with van der Waals surface area (Å²) in [5.74, 6) is 0.594. The first-order chi connectivity index (χ1) is 13.5. The van der Waals surface area contributed by atoms with E-state index in [0.717, 1.165) is 5.56 Å². The van der Waals surface area contributed by atoms with Gasteiger partial charge in [0.25, 0.3) is 0 Å². The van der Waals surface area contributed by atoms with Crippen LogP contribution in [-0.2, 0) is 4.79 Å². The van der Waals surface area contributed by atoms with Gasteiger partial charge in [-0.15, -0.1) is 0 Å². The van der Waals surface area contributed by atoms with E-state index >= 15 is 0 Å². The van der Waals surface area contributed by atoms with Gasteiger partial charge in [-0.3, -0.25) is 4.79 Å². The minimum Gasteiger partial charge on any atom is -0.454 e. The zero-order valence-corrected chi connectivity index (χ0v) is 15.6. The van der Waals surface area contributed by atoms with E-state index in [1.807, 2.05) is 31.2 Å². The van der Waals surface area contributed by atoms with Gasteiger partial charge in [0.2, 0.25) is 5.91 Å². The van der Waals surface area contributed by atoms with Crippen molar-refractivity contribution in [3.8, 4) is 11.5 Å². The molecule has 0 radical (unpaired) electrons. The van der Waals surface area contributed by atoms with E-state index in [9.17, 15) is 9.18 Å². The van der Waals surface area contributed by atoms with Gasteiger partial charge in [0.1, 0.15) is 17.9 Å². The highest BCUT2D eigenvalue weighted by Gasteiger charge is 2.09. The maximum atomic E-state index is 13.6. The number of benzene rings is 2. The van der Waals surface area contributed by atoms with Crippen LogP contribution in [0.3, 0.4) is 0 Å². The molecule has 1 atom stereocenters. The molecule has 0 aliphatic carbocycles. The van der Waals surface area contributed by atoms with Crippen molar-refractivity contribution in [1.82, 2.24) is 15.3 Å². The lowest BCUT2D eigenvalue weighted by molar-refractivity contribution is -0.117. The highest BCUT2D eigenvalue weighted by molar-refractivity contribution is 5.92. The van der Waals surface area contributed by atoms with Crippen molar-refractivity contribution in [2.45, 2.75) is 19.9 Å². The summed E-state index contributed by atoms with van der Waals surface area (Å²) in [5.41, 5.74) is 2.09. The largest absolute Gasteiger partial charge is 0.454 e. The highest BCUT2D eigenvalue weighted by Crippen LogP contribution is 2.23. The van der Waals surface area contributed by atoms with Crippen molar-refractivity contribution in [1.29, 1.82) is 0 Å². The van der Waals surface area contributed by atoms with Crippen LogP contribution in [0.2, 0.25) is 0 Å². The fraction of sp³-hybridized carbons (Fsp3) is 0.136. The standard InChI is InChI=1S/C22H20FN3O2/c1-15-6-7-17(10-21(15)23)8-9-22(27)26-16(2)18-4-3-5-19(11-18)28-20-12-24-14-25-13-20/h3-14,16H,1-2H3,(H,26,27)/b9-8+/t16-/m0/s1. The predicted octanol–water partition coefficient (Wildman–Crippen LogP) is 4.61. The summed E-state index contributed by atoms with van der Waals surface area (Å²) in [5, 5.41) is 2.88. The Hall–Kier alpha value is -3.54. The fourth-order valence-electron chi connectivity index (χ4n) is 2.55. The van der Waals surface area contributed by atoms with Crippen molar-refractivity contribution in [2.75, 3.05) is 0 Å². The number of nitrogens with one attached hydrogen (secondary N) is 1. The topological polar surface area (TPSA) is 64.1 Å². The van der Waals surface area contributed by atoms with Gasteiger partial charge in [0, 0.05) is 6.08 Å². The minimum absolute atomic E-state index is 0.234. The van der Waals surface area contributed by atoms with Crippen molar-refractivity contribution < 1.29 is 13.9 Å². The molecule has 3 rings (SSSR count). The number of halogens is 1. The van der Waals surface area contributed by atoms with E-state index < -0.39 is 0 Å². The molecular formula is C22H20FN3O2. The Morgan fingerprint density at radius 1 is 1.14 bits per heavy atom. The molecule has 28 heavy (non-hydrogen) atoms. The van der Waals surface area contributed by atoms with Crippen LogP contribution >= 0.6 is 0 Å². The second kappa shape index (κ2) is 8.90. The molecule has 0 bridgehead atoms. The Bertz CT molecular complexity index is 990. The van der Waals surface area contributed by atoms with Crippen molar-refractivity contribution >= 4 is 12.0 Å². The first-order valence-electron chi connectivity index (χ1n) is 8.79. The van der Waals surface area contributed by atoms with Crippen LogP contribution in [0.4, 0.5) is 4.39 Å². The van der Waals surface area contributed by atoms with Crippen LogP contribution in [0.1, 0.15) is 29.7 Å². The molecular weight excluding hydrogens is 357 g/mol. The zero-order chi connectivity index (χ0) is 19.9. The molecule has 1 N–H and O–H groups in total. The normalized spacial score (nSPS) is 12.0. The molecule has 0 unspecified atom stereocenters. The van der Waals surface area contributed by atoms with Gasteiger partial charge in [-0.25, -0.2) is 14.4 Å². The van der Waals surface area contributed by atoms with E-state index in [2.05, 4.69) is 15.3 Å². The second-order valence-corrected chi connectivity index (χ2v) is 6.32. The predicted molar refractivity (Wildman–Crippen MR) is 105 cm³/mol. The monoisotopic (exact) mass is 377 g/mol. The van der Waals surface area contributed by atoms with Crippen LogP contribution in [0, 0.1) is 12.7 Å². The summed E-state index contributed by atoms with van der Waals surface area (Å²) >= 11 is 0. The third-order valence-electron chi connectivity index (χ3n) is 4.11. The van der Waals surface area contributed by atoms with Gasteiger partial charge in [0.15, 0.2) is 5.75 Å². The number of carbonyl (C=O) groups excluding carboxylic acids is 1. The maximum Gasteiger partial charge on any atom is 0.244 e. The summed E-state index contributed by atoms with van der Waals surface area (Å²) in [6, 6.07) is 12.0. The zero-order valence-electron chi connectivity index (χ0n) is 15.6. The van der Waals surface area contributed by atoms with Crippen LogP contribution in [0.5, 0.6) is 11.5 Å². The molecule has 0 saturated heterocycles. The van der Waals surface area contributed by atoms with E-state index in [-0.39, 0.29) is 17.8 Å². The minimum atomic E-state index is -0.295. The molecule has 0 spiro atoms. The van der Waals surface area contributed by atoms with Crippen LogP contribution in [0.15, 0.2) is 67.3 Å². The number of aromatic nitrogens is 2. The average molecular weight is 377 g/mol. The van der Waals surface area contributed by atoms with E-state index in [1.54, 1.807) is 37.5 Å². The number of nitrogens with zero attached hydrogens (tertiary/aromatic N) is 2. The van der Waals surface area contributed by atoms with E-state index in [0.29, 0.717) is 22.6 Å². The number of ether oxygens (including phenoxy) is 1. The lowest BCUT2D eigenvalue weighted by Crippen LogP contribution is -2.24. The molecule has 1 amide bonds. The molecule has 3 aromatic rings. The Kier molecular flexibility index (Phi) is 6.11. The van der Waals surface area contributed by atoms with E-state index in [4.69, 9.17) is 4.74 Å². The van der Waals surface area contributed by atoms with Gasteiger partial charge in [-0.2, -0.15) is 0 Å². The third kappa shape index (κ3) is 5.23. The summed E-state index contributed by atoms with van der Waals surface area (Å²) in [4.78, 5) is 20.0.